The summed E-state index contributed by atoms with van der Waals surface area (Å²) in [7, 11) is 0. The van der Waals surface area contributed by atoms with Crippen LogP contribution in [0, 0.1) is 25.5 Å². The van der Waals surface area contributed by atoms with E-state index >= 15 is 0 Å². The monoisotopic (exact) mass is 356 g/mol. The van der Waals surface area contributed by atoms with Gasteiger partial charge >= 0.3 is 0 Å². The third kappa shape index (κ3) is 2.29. The molecule has 4 rings (SSSR count). The van der Waals surface area contributed by atoms with Crippen molar-refractivity contribution >= 4 is 23.2 Å². The zero-order chi connectivity index (χ0) is 18.6. The number of halogens is 2. The van der Waals surface area contributed by atoms with Gasteiger partial charge in [0.25, 0.3) is 11.8 Å². The number of carbonyl (C=O) groups is 2. The summed E-state index contributed by atoms with van der Waals surface area (Å²) in [5, 5.41) is 8.98. The van der Waals surface area contributed by atoms with Crippen LogP contribution in [-0.2, 0) is 9.59 Å². The number of fused-ring (bicyclic) bond motifs is 1. The molecule has 26 heavy (non-hydrogen) atoms. The van der Waals surface area contributed by atoms with Gasteiger partial charge in [0.05, 0.1) is 11.4 Å². The fourth-order valence-corrected chi connectivity index (χ4v) is 3.07. The zero-order valence-electron chi connectivity index (χ0n) is 14.0. The molecule has 2 aromatic carbocycles. The Hall–Kier alpha value is -3.16. The molecule has 1 fully saturated rings. The first-order valence-electron chi connectivity index (χ1n) is 7.98. The number of imide groups is 1. The third-order valence-electron chi connectivity index (χ3n) is 4.62. The molecule has 2 amide bonds. The van der Waals surface area contributed by atoms with Gasteiger partial charge in [-0.2, -0.15) is 5.11 Å². The van der Waals surface area contributed by atoms with E-state index in [1.807, 2.05) is 0 Å². The molecule has 2 atom stereocenters. The molecule has 0 aromatic heterocycles. The Morgan fingerprint density at radius 3 is 2.08 bits per heavy atom. The molecule has 1 saturated heterocycles. The molecule has 6 nitrogen and oxygen atoms in total. The van der Waals surface area contributed by atoms with E-state index in [2.05, 4.69) is 10.3 Å². The van der Waals surface area contributed by atoms with E-state index in [4.69, 9.17) is 0 Å². The van der Waals surface area contributed by atoms with Crippen molar-refractivity contribution in [3.8, 4) is 0 Å². The van der Waals surface area contributed by atoms with Crippen molar-refractivity contribution in [2.75, 3.05) is 9.91 Å². The van der Waals surface area contributed by atoms with E-state index in [0.29, 0.717) is 16.8 Å². The van der Waals surface area contributed by atoms with Crippen LogP contribution in [0.2, 0.25) is 0 Å². The maximum absolute atomic E-state index is 13.9. The maximum Gasteiger partial charge on any atom is 0.263 e. The van der Waals surface area contributed by atoms with E-state index in [0.717, 1.165) is 11.0 Å². The second-order valence-electron chi connectivity index (χ2n) is 6.32. The van der Waals surface area contributed by atoms with Crippen molar-refractivity contribution in [2.24, 2.45) is 10.3 Å². The highest BCUT2D eigenvalue weighted by Gasteiger charge is 2.55. The molecule has 0 saturated carbocycles. The van der Waals surface area contributed by atoms with Gasteiger partial charge < -0.3 is 0 Å². The summed E-state index contributed by atoms with van der Waals surface area (Å²) in [5.41, 5.74) is 1.32. The van der Waals surface area contributed by atoms with Gasteiger partial charge in [0.15, 0.2) is 12.1 Å². The highest BCUT2D eigenvalue weighted by atomic mass is 19.1. The minimum Gasteiger partial charge on any atom is -0.271 e. The molecule has 0 radical (unpaired) electrons. The van der Waals surface area contributed by atoms with Gasteiger partial charge in [0.1, 0.15) is 11.6 Å². The summed E-state index contributed by atoms with van der Waals surface area (Å²) in [4.78, 5) is 26.4. The van der Waals surface area contributed by atoms with Crippen LogP contribution in [0.25, 0.3) is 0 Å². The number of anilines is 2. The minimum atomic E-state index is -1.03. The van der Waals surface area contributed by atoms with Gasteiger partial charge in [0, 0.05) is 0 Å². The molecule has 0 aliphatic carbocycles. The number of benzene rings is 2. The number of aryl methyl sites for hydroxylation is 2. The Balaban J connectivity index is 1.71. The first-order valence-corrected chi connectivity index (χ1v) is 7.98. The standard InChI is InChI=1S/C18H14F2N4O2/c1-9-3-5-11(7-13(9)19)23-17(25)15-16(18(23)26)24(22-21-15)12-6-4-10(2)14(20)8-12/h3-8,15-16H,1-2H3. The molecule has 2 heterocycles. The van der Waals surface area contributed by atoms with Gasteiger partial charge in [-0.05, 0) is 49.2 Å². The molecule has 2 aliphatic heterocycles. The summed E-state index contributed by atoms with van der Waals surface area (Å²) in [6.45, 7) is 3.20. The SMILES string of the molecule is Cc1ccc(N2C(=O)C3N=NN(c4ccc(C)c(F)c4)C3C2=O)cc1F. The molecule has 0 N–H and O–H groups in total. The van der Waals surface area contributed by atoms with Crippen LogP contribution in [0.15, 0.2) is 46.7 Å². The lowest BCUT2D eigenvalue weighted by Gasteiger charge is -2.21. The lowest BCUT2D eigenvalue weighted by molar-refractivity contribution is -0.121. The first kappa shape index (κ1) is 16.3. The van der Waals surface area contributed by atoms with Crippen molar-refractivity contribution < 1.29 is 18.4 Å². The molecule has 8 heteroatoms. The number of hydrogen-bond acceptors (Lipinski definition) is 5. The van der Waals surface area contributed by atoms with Crippen LogP contribution < -0.4 is 9.91 Å². The van der Waals surface area contributed by atoms with Crippen LogP contribution in [0.3, 0.4) is 0 Å². The Kier molecular flexibility index (Phi) is 3.57. The maximum atomic E-state index is 13.9. The van der Waals surface area contributed by atoms with Crippen LogP contribution in [0.4, 0.5) is 20.2 Å². The molecule has 132 valence electrons. The Morgan fingerprint density at radius 1 is 0.885 bits per heavy atom. The average Bonchev–Trinajstić information content (AvgIpc) is 3.14. The predicted molar refractivity (Wildman–Crippen MR) is 89.7 cm³/mol. The molecule has 2 unspecified atom stereocenters. The first-order chi connectivity index (χ1) is 12.4. The number of hydrogen-bond donors (Lipinski definition) is 0. The molecule has 0 spiro atoms. The summed E-state index contributed by atoms with van der Waals surface area (Å²) in [6.07, 6.45) is 0. The van der Waals surface area contributed by atoms with Crippen LogP contribution in [0.5, 0.6) is 0 Å². The fourth-order valence-electron chi connectivity index (χ4n) is 3.07. The summed E-state index contributed by atoms with van der Waals surface area (Å²) < 4.78 is 27.7. The molecular formula is C18H14F2N4O2. The Labute approximate surface area is 147 Å². The van der Waals surface area contributed by atoms with Crippen LogP contribution in [0.1, 0.15) is 11.1 Å². The van der Waals surface area contributed by atoms with Crippen LogP contribution in [-0.4, -0.2) is 23.9 Å². The highest BCUT2D eigenvalue weighted by Crippen LogP contribution is 2.35. The second-order valence-corrected chi connectivity index (χ2v) is 6.32. The highest BCUT2D eigenvalue weighted by molar-refractivity contribution is 6.26. The molecular weight excluding hydrogens is 342 g/mol. The average molecular weight is 356 g/mol. The molecule has 2 aromatic rings. The van der Waals surface area contributed by atoms with Gasteiger partial charge in [0.2, 0.25) is 0 Å². The van der Waals surface area contributed by atoms with E-state index in [1.165, 1.54) is 23.2 Å². The number of carbonyl (C=O) groups excluding carboxylic acids is 2. The fraction of sp³-hybridized carbons (Fsp3) is 0.222. The number of nitrogens with zero attached hydrogens (tertiary/aromatic N) is 4. The smallest absolute Gasteiger partial charge is 0.263 e. The number of rotatable bonds is 2. The van der Waals surface area contributed by atoms with Crippen molar-refractivity contribution in [3.05, 3.63) is 59.2 Å². The normalized spacial score (nSPS) is 21.7. The van der Waals surface area contributed by atoms with Crippen LogP contribution >= 0.6 is 0 Å². The lowest BCUT2D eigenvalue weighted by atomic mass is 10.1. The third-order valence-corrected chi connectivity index (χ3v) is 4.62. The van der Waals surface area contributed by atoms with Gasteiger partial charge in [-0.15, -0.1) is 0 Å². The van der Waals surface area contributed by atoms with E-state index in [1.54, 1.807) is 26.0 Å². The predicted octanol–water partition coefficient (Wildman–Crippen LogP) is 3.08. The van der Waals surface area contributed by atoms with Gasteiger partial charge in [-0.3, -0.25) is 9.59 Å². The van der Waals surface area contributed by atoms with Gasteiger partial charge in [-0.25, -0.2) is 18.7 Å². The summed E-state index contributed by atoms with van der Waals surface area (Å²) in [6, 6.07) is 6.50. The Morgan fingerprint density at radius 2 is 1.46 bits per heavy atom. The zero-order valence-corrected chi connectivity index (χ0v) is 14.0. The Bertz CT molecular complexity index is 976. The van der Waals surface area contributed by atoms with Crippen molar-refractivity contribution in [2.45, 2.75) is 25.9 Å². The van der Waals surface area contributed by atoms with Crippen molar-refractivity contribution in [3.63, 3.8) is 0 Å². The van der Waals surface area contributed by atoms with Gasteiger partial charge in [-0.1, -0.05) is 17.4 Å². The summed E-state index contributed by atoms with van der Waals surface area (Å²) in [5.74, 6) is -2.12. The van der Waals surface area contributed by atoms with E-state index < -0.39 is 35.5 Å². The molecule has 0 bridgehead atoms. The topological polar surface area (TPSA) is 65.3 Å². The van der Waals surface area contributed by atoms with E-state index in [9.17, 15) is 18.4 Å². The molecule has 2 aliphatic rings. The van der Waals surface area contributed by atoms with E-state index in [-0.39, 0.29) is 5.69 Å². The minimum absolute atomic E-state index is 0.141. The second kappa shape index (κ2) is 5.69. The largest absolute Gasteiger partial charge is 0.271 e. The number of amides is 2. The quantitative estimate of drug-likeness (QED) is 0.777. The van der Waals surface area contributed by atoms with Crippen molar-refractivity contribution in [1.82, 2.24) is 0 Å². The van der Waals surface area contributed by atoms with Crippen molar-refractivity contribution in [1.29, 1.82) is 0 Å². The lowest BCUT2D eigenvalue weighted by Crippen LogP contribution is -2.40. The summed E-state index contributed by atoms with van der Waals surface area (Å²) >= 11 is 0.